The lowest BCUT2D eigenvalue weighted by molar-refractivity contribution is 0.306. The van der Waals surface area contributed by atoms with Gasteiger partial charge in [0.1, 0.15) is 11.5 Å². The molecule has 0 aliphatic rings. The molecule has 0 N–H and O–H groups in total. The highest BCUT2D eigenvalue weighted by molar-refractivity contribution is 5.85. The molecule has 0 bridgehead atoms. The summed E-state index contributed by atoms with van der Waals surface area (Å²) in [5.41, 5.74) is 4.37. The SMILES string of the molecule is CCCCCOc1ccc(-c2ccc(C#Cc3ccc4cc(OCCCCC)ccc4c3)cc2)cc1. The molecule has 0 atom stereocenters. The molecule has 0 saturated heterocycles. The molecule has 0 spiro atoms. The number of ether oxygens (including phenoxy) is 2. The second-order valence-electron chi connectivity index (χ2n) is 9.19. The molecule has 4 aromatic rings. The minimum atomic E-state index is 0.778. The van der Waals surface area contributed by atoms with E-state index in [9.17, 15) is 0 Å². The number of unbranched alkanes of at least 4 members (excludes halogenated alkanes) is 4. The fourth-order valence-corrected chi connectivity index (χ4v) is 4.11. The zero-order valence-electron chi connectivity index (χ0n) is 21.6. The molecule has 2 nitrogen and oxygen atoms in total. The molecule has 0 saturated carbocycles. The quantitative estimate of drug-likeness (QED) is 0.159. The van der Waals surface area contributed by atoms with Gasteiger partial charge in [-0.25, -0.2) is 0 Å². The molecule has 0 fully saturated rings. The van der Waals surface area contributed by atoms with Crippen molar-refractivity contribution in [1.82, 2.24) is 0 Å². The second-order valence-corrected chi connectivity index (χ2v) is 9.19. The Bertz CT molecular complexity index is 1290. The number of hydrogen-bond acceptors (Lipinski definition) is 2. The maximum atomic E-state index is 5.89. The molecule has 0 heterocycles. The topological polar surface area (TPSA) is 18.5 Å². The highest BCUT2D eigenvalue weighted by Gasteiger charge is 2.01. The van der Waals surface area contributed by atoms with E-state index < -0.39 is 0 Å². The minimum Gasteiger partial charge on any atom is -0.494 e. The lowest BCUT2D eigenvalue weighted by Crippen LogP contribution is -1.96. The Morgan fingerprint density at radius 1 is 0.500 bits per heavy atom. The summed E-state index contributed by atoms with van der Waals surface area (Å²) in [7, 11) is 0. The fourth-order valence-electron chi connectivity index (χ4n) is 4.11. The first-order valence-electron chi connectivity index (χ1n) is 13.3. The molecule has 4 aromatic carbocycles. The first-order valence-corrected chi connectivity index (χ1v) is 13.3. The van der Waals surface area contributed by atoms with Crippen molar-refractivity contribution in [3.05, 3.63) is 96.1 Å². The maximum absolute atomic E-state index is 5.89. The van der Waals surface area contributed by atoms with Gasteiger partial charge in [-0.05, 0) is 83.3 Å². The van der Waals surface area contributed by atoms with Crippen molar-refractivity contribution in [2.45, 2.75) is 52.4 Å². The van der Waals surface area contributed by atoms with Gasteiger partial charge in [0.25, 0.3) is 0 Å². The lowest BCUT2D eigenvalue weighted by atomic mass is 10.0. The number of fused-ring (bicyclic) bond motifs is 1. The van der Waals surface area contributed by atoms with E-state index in [2.05, 4.69) is 111 Å². The molecule has 0 aromatic heterocycles. The molecule has 0 radical (unpaired) electrons. The van der Waals surface area contributed by atoms with Crippen molar-refractivity contribution < 1.29 is 9.47 Å². The summed E-state index contributed by atoms with van der Waals surface area (Å²) in [5, 5.41) is 2.35. The summed E-state index contributed by atoms with van der Waals surface area (Å²) in [5.74, 6) is 8.49. The Kier molecular flexibility index (Phi) is 9.46. The van der Waals surface area contributed by atoms with Gasteiger partial charge in [-0.3, -0.25) is 0 Å². The standard InChI is InChI=1S/C34H36O2/c1-3-5-7-23-35-33-20-17-30(18-21-33)29-14-11-27(12-15-29)9-10-28-13-16-32-26-34(22-19-31(32)25-28)36-24-8-6-4-2/h11-22,25-26H,3-8,23-24H2,1-2H3. The van der Waals surface area contributed by atoms with Crippen LogP contribution in [0.4, 0.5) is 0 Å². The van der Waals surface area contributed by atoms with Crippen molar-refractivity contribution in [3.63, 3.8) is 0 Å². The van der Waals surface area contributed by atoms with Crippen molar-refractivity contribution in [1.29, 1.82) is 0 Å². The molecule has 2 heteroatoms. The molecule has 184 valence electrons. The van der Waals surface area contributed by atoms with Crippen molar-refractivity contribution in [2.24, 2.45) is 0 Å². The maximum Gasteiger partial charge on any atom is 0.119 e. The largest absolute Gasteiger partial charge is 0.494 e. The van der Waals surface area contributed by atoms with E-state index in [4.69, 9.17) is 9.47 Å². The van der Waals surface area contributed by atoms with Crippen LogP contribution >= 0.6 is 0 Å². The summed E-state index contributed by atoms with van der Waals surface area (Å²) < 4.78 is 11.7. The highest BCUT2D eigenvalue weighted by atomic mass is 16.5. The molecular weight excluding hydrogens is 440 g/mol. The van der Waals surface area contributed by atoms with Gasteiger partial charge >= 0.3 is 0 Å². The average molecular weight is 477 g/mol. The normalized spacial score (nSPS) is 10.6. The van der Waals surface area contributed by atoms with Crippen LogP contribution < -0.4 is 9.47 Å². The van der Waals surface area contributed by atoms with Gasteiger partial charge in [0.05, 0.1) is 13.2 Å². The van der Waals surface area contributed by atoms with Crippen molar-refractivity contribution >= 4 is 10.8 Å². The average Bonchev–Trinajstić information content (AvgIpc) is 2.93. The molecule has 0 amide bonds. The predicted molar refractivity (Wildman–Crippen MR) is 152 cm³/mol. The van der Waals surface area contributed by atoms with Crippen molar-refractivity contribution in [3.8, 4) is 34.5 Å². The zero-order valence-corrected chi connectivity index (χ0v) is 21.6. The molecular formula is C34H36O2. The van der Waals surface area contributed by atoms with Crippen molar-refractivity contribution in [2.75, 3.05) is 13.2 Å². The van der Waals surface area contributed by atoms with Gasteiger partial charge in [0.2, 0.25) is 0 Å². The van der Waals surface area contributed by atoms with Crippen LogP contribution in [-0.2, 0) is 0 Å². The minimum absolute atomic E-state index is 0.778. The van der Waals surface area contributed by atoms with Gasteiger partial charge in [-0.15, -0.1) is 0 Å². The third kappa shape index (κ3) is 7.40. The molecule has 0 unspecified atom stereocenters. The van der Waals surface area contributed by atoms with E-state index >= 15 is 0 Å². The molecule has 36 heavy (non-hydrogen) atoms. The monoisotopic (exact) mass is 476 g/mol. The van der Waals surface area contributed by atoms with Crippen LogP contribution in [0.2, 0.25) is 0 Å². The zero-order chi connectivity index (χ0) is 25.0. The van der Waals surface area contributed by atoms with E-state index in [1.807, 2.05) is 0 Å². The third-order valence-corrected chi connectivity index (χ3v) is 6.27. The van der Waals surface area contributed by atoms with Gasteiger partial charge in [-0.2, -0.15) is 0 Å². The number of hydrogen-bond donors (Lipinski definition) is 0. The Morgan fingerprint density at radius 2 is 1.00 bits per heavy atom. The Balaban J connectivity index is 1.36. The summed E-state index contributed by atoms with van der Waals surface area (Å²) in [4.78, 5) is 0. The second kappa shape index (κ2) is 13.4. The van der Waals surface area contributed by atoms with E-state index in [1.165, 1.54) is 47.6 Å². The predicted octanol–water partition coefficient (Wildman–Crippen LogP) is 9.04. The van der Waals surface area contributed by atoms with Crippen LogP contribution in [0, 0.1) is 11.8 Å². The molecule has 0 aliphatic carbocycles. The van der Waals surface area contributed by atoms with Crippen LogP contribution in [0.25, 0.3) is 21.9 Å². The lowest BCUT2D eigenvalue weighted by Gasteiger charge is -2.07. The first kappa shape index (κ1) is 25.4. The smallest absolute Gasteiger partial charge is 0.119 e. The third-order valence-electron chi connectivity index (χ3n) is 6.27. The first-order chi connectivity index (χ1) is 17.7. The molecule has 0 aliphatic heterocycles. The van der Waals surface area contributed by atoms with Gasteiger partial charge in [-0.1, -0.05) is 87.8 Å². The summed E-state index contributed by atoms with van der Waals surface area (Å²) in [6.45, 7) is 5.97. The Morgan fingerprint density at radius 3 is 1.67 bits per heavy atom. The summed E-state index contributed by atoms with van der Waals surface area (Å²) in [6, 6.07) is 29.4. The van der Waals surface area contributed by atoms with E-state index in [1.54, 1.807) is 0 Å². The van der Waals surface area contributed by atoms with Crippen LogP contribution in [0.1, 0.15) is 63.5 Å². The van der Waals surface area contributed by atoms with E-state index in [0.29, 0.717) is 0 Å². The van der Waals surface area contributed by atoms with Crippen LogP contribution in [-0.4, -0.2) is 13.2 Å². The van der Waals surface area contributed by atoms with E-state index in [0.717, 1.165) is 48.7 Å². The van der Waals surface area contributed by atoms with Crippen LogP contribution in [0.3, 0.4) is 0 Å². The van der Waals surface area contributed by atoms with Gasteiger partial charge in [0.15, 0.2) is 0 Å². The molecule has 4 rings (SSSR count). The Labute approximate surface area is 216 Å². The Hall–Kier alpha value is -3.70. The number of rotatable bonds is 11. The fraction of sp³-hybridized carbons (Fsp3) is 0.294. The van der Waals surface area contributed by atoms with Gasteiger partial charge < -0.3 is 9.47 Å². The van der Waals surface area contributed by atoms with E-state index in [-0.39, 0.29) is 0 Å². The highest BCUT2D eigenvalue weighted by Crippen LogP contribution is 2.24. The summed E-state index contributed by atoms with van der Waals surface area (Å²) in [6.07, 6.45) is 7.04. The summed E-state index contributed by atoms with van der Waals surface area (Å²) >= 11 is 0. The number of benzene rings is 4. The van der Waals surface area contributed by atoms with Gasteiger partial charge in [0, 0.05) is 11.1 Å². The van der Waals surface area contributed by atoms with Crippen LogP contribution in [0.15, 0.2) is 84.9 Å². The van der Waals surface area contributed by atoms with Crippen LogP contribution in [0.5, 0.6) is 11.5 Å².